The monoisotopic (exact) mass is 236 g/mol. The minimum atomic E-state index is 0.345. The second-order valence-electron chi connectivity index (χ2n) is 3.03. The molecule has 82 valence electrons. The average Bonchev–Trinajstić information content (AvgIpc) is 2.81. The van der Waals surface area contributed by atoms with Crippen molar-refractivity contribution in [2.24, 2.45) is 5.10 Å². The molecule has 0 fully saturated rings. The van der Waals surface area contributed by atoms with E-state index in [1.165, 1.54) is 0 Å². The zero-order valence-corrected chi connectivity index (χ0v) is 9.27. The van der Waals surface area contributed by atoms with E-state index in [9.17, 15) is 0 Å². The summed E-state index contributed by atoms with van der Waals surface area (Å²) in [5, 5.41) is 11.9. The Labute approximate surface area is 97.1 Å². The van der Waals surface area contributed by atoms with Gasteiger partial charge < -0.3 is 4.42 Å². The fraction of sp³-hybridized carbons (Fsp3) is 0.100. The normalized spacial score (nSPS) is 11.5. The van der Waals surface area contributed by atoms with Crippen LogP contribution in [0, 0.1) is 0 Å². The topological polar surface area (TPSA) is 63.3 Å². The summed E-state index contributed by atoms with van der Waals surface area (Å²) in [5.74, 6) is 1.23. The number of nitrogens with one attached hydrogen (secondary N) is 1. The van der Waals surface area contributed by atoms with Gasteiger partial charge in [-0.25, -0.2) is 0 Å². The zero-order chi connectivity index (χ0) is 11.4. The molecule has 16 heavy (non-hydrogen) atoms. The van der Waals surface area contributed by atoms with E-state index in [0.29, 0.717) is 16.7 Å². The number of halogens is 1. The second-order valence-corrected chi connectivity index (χ2v) is 3.41. The van der Waals surface area contributed by atoms with Crippen molar-refractivity contribution in [3.63, 3.8) is 0 Å². The lowest BCUT2D eigenvalue weighted by Gasteiger charge is -1.99. The molecule has 0 amide bonds. The largest absolute Gasteiger partial charge is 0.463 e. The van der Waals surface area contributed by atoms with Crippen LogP contribution in [0.5, 0.6) is 0 Å². The van der Waals surface area contributed by atoms with Crippen molar-refractivity contribution in [2.45, 2.75) is 6.92 Å². The predicted octanol–water partition coefficient (Wildman–Crippen LogP) is 2.56. The molecule has 5 nitrogen and oxygen atoms in total. The number of furan rings is 1. The molecule has 6 heteroatoms. The van der Waals surface area contributed by atoms with E-state index in [0.717, 1.165) is 5.71 Å². The van der Waals surface area contributed by atoms with Gasteiger partial charge in [0.25, 0.3) is 0 Å². The lowest BCUT2D eigenvalue weighted by atomic mass is 10.3. The summed E-state index contributed by atoms with van der Waals surface area (Å²) in [6.07, 6.45) is 1.59. The third kappa shape index (κ3) is 2.58. The highest BCUT2D eigenvalue weighted by molar-refractivity contribution is 6.29. The van der Waals surface area contributed by atoms with Gasteiger partial charge in [-0.2, -0.15) is 5.10 Å². The number of hydrazone groups is 1. The number of hydrogen-bond acceptors (Lipinski definition) is 5. The maximum Gasteiger partial charge on any atom is 0.168 e. The first kappa shape index (κ1) is 10.6. The molecule has 0 aliphatic rings. The van der Waals surface area contributed by atoms with Crippen LogP contribution in [0.2, 0.25) is 5.15 Å². The van der Waals surface area contributed by atoms with Crippen molar-refractivity contribution in [2.75, 3.05) is 5.43 Å². The summed E-state index contributed by atoms with van der Waals surface area (Å²) < 4.78 is 5.17. The molecule has 0 atom stereocenters. The maximum absolute atomic E-state index is 5.60. The molecule has 2 heterocycles. The van der Waals surface area contributed by atoms with Gasteiger partial charge in [0, 0.05) is 0 Å². The first-order chi connectivity index (χ1) is 7.75. The van der Waals surface area contributed by atoms with Crippen LogP contribution in [-0.2, 0) is 0 Å². The minimum Gasteiger partial charge on any atom is -0.463 e. The molecule has 0 saturated heterocycles. The highest BCUT2D eigenvalue weighted by Gasteiger charge is 2.00. The Morgan fingerprint density at radius 2 is 2.25 bits per heavy atom. The van der Waals surface area contributed by atoms with Crippen molar-refractivity contribution in [1.29, 1.82) is 0 Å². The number of hydrogen-bond donors (Lipinski definition) is 1. The lowest BCUT2D eigenvalue weighted by Crippen LogP contribution is -2.00. The molecule has 0 radical (unpaired) electrons. The third-order valence-corrected chi connectivity index (χ3v) is 2.05. The van der Waals surface area contributed by atoms with Crippen LogP contribution in [0.1, 0.15) is 12.7 Å². The van der Waals surface area contributed by atoms with Crippen molar-refractivity contribution in [3.05, 3.63) is 41.4 Å². The van der Waals surface area contributed by atoms with Crippen molar-refractivity contribution < 1.29 is 4.42 Å². The molecule has 2 aromatic heterocycles. The first-order valence-corrected chi connectivity index (χ1v) is 4.97. The molecule has 0 saturated carbocycles. The maximum atomic E-state index is 5.60. The van der Waals surface area contributed by atoms with Gasteiger partial charge in [-0.05, 0) is 31.2 Å². The van der Waals surface area contributed by atoms with Gasteiger partial charge in [0.15, 0.2) is 11.0 Å². The minimum absolute atomic E-state index is 0.345. The first-order valence-electron chi connectivity index (χ1n) is 4.59. The molecular formula is C10H9ClN4O. The van der Waals surface area contributed by atoms with E-state index >= 15 is 0 Å². The predicted molar refractivity (Wildman–Crippen MR) is 61.6 cm³/mol. The van der Waals surface area contributed by atoms with E-state index in [1.54, 1.807) is 24.5 Å². The highest BCUT2D eigenvalue weighted by Crippen LogP contribution is 2.07. The lowest BCUT2D eigenvalue weighted by molar-refractivity contribution is 0.557. The van der Waals surface area contributed by atoms with Crippen molar-refractivity contribution in [3.8, 4) is 0 Å². The number of aromatic nitrogens is 2. The van der Waals surface area contributed by atoms with Crippen molar-refractivity contribution in [1.82, 2.24) is 10.2 Å². The summed E-state index contributed by atoms with van der Waals surface area (Å²) in [5.41, 5.74) is 3.48. The molecule has 0 aliphatic heterocycles. The summed E-state index contributed by atoms with van der Waals surface area (Å²) >= 11 is 5.60. The number of nitrogens with zero attached hydrogens (tertiary/aromatic N) is 3. The average molecular weight is 237 g/mol. The van der Waals surface area contributed by atoms with Gasteiger partial charge in [0.1, 0.15) is 11.5 Å². The van der Waals surface area contributed by atoms with E-state index in [2.05, 4.69) is 20.7 Å². The van der Waals surface area contributed by atoms with Gasteiger partial charge in [-0.15, -0.1) is 10.2 Å². The molecule has 2 aromatic rings. The third-order valence-electron chi connectivity index (χ3n) is 1.85. The van der Waals surface area contributed by atoms with Crippen LogP contribution in [0.3, 0.4) is 0 Å². The SMILES string of the molecule is C/C(=N\Nc1ccc(Cl)nn1)c1ccco1. The Kier molecular flexibility index (Phi) is 3.16. The molecule has 0 bridgehead atoms. The van der Waals surface area contributed by atoms with E-state index in [-0.39, 0.29) is 0 Å². The standard InChI is InChI=1S/C10H9ClN4O/c1-7(8-3-2-6-16-8)12-14-10-5-4-9(11)13-15-10/h2-6H,1H3,(H,14,15)/b12-7+. The fourth-order valence-electron chi connectivity index (χ4n) is 1.06. The van der Waals surface area contributed by atoms with Gasteiger partial charge >= 0.3 is 0 Å². The molecular weight excluding hydrogens is 228 g/mol. The van der Waals surface area contributed by atoms with Gasteiger partial charge in [0.2, 0.25) is 0 Å². The Morgan fingerprint density at radius 1 is 1.38 bits per heavy atom. The molecule has 0 aromatic carbocycles. The molecule has 0 aliphatic carbocycles. The molecule has 1 N–H and O–H groups in total. The zero-order valence-electron chi connectivity index (χ0n) is 8.51. The van der Waals surface area contributed by atoms with Crippen LogP contribution >= 0.6 is 11.6 Å². The van der Waals surface area contributed by atoms with Crippen LogP contribution < -0.4 is 5.43 Å². The highest BCUT2D eigenvalue weighted by atomic mass is 35.5. The molecule has 0 spiro atoms. The number of anilines is 1. The fourth-order valence-corrected chi connectivity index (χ4v) is 1.16. The van der Waals surface area contributed by atoms with E-state index in [4.69, 9.17) is 16.0 Å². The van der Waals surface area contributed by atoms with Crippen LogP contribution in [0.25, 0.3) is 0 Å². The summed E-state index contributed by atoms with van der Waals surface area (Å²) in [4.78, 5) is 0. The quantitative estimate of drug-likeness (QED) is 0.657. The Balaban J connectivity index is 2.06. The van der Waals surface area contributed by atoms with Crippen molar-refractivity contribution >= 4 is 23.1 Å². The Hall–Kier alpha value is -1.88. The summed E-state index contributed by atoms with van der Waals surface area (Å²) in [6, 6.07) is 6.95. The van der Waals surface area contributed by atoms with Gasteiger partial charge in [-0.3, -0.25) is 5.43 Å². The van der Waals surface area contributed by atoms with E-state index in [1.807, 2.05) is 13.0 Å². The van der Waals surface area contributed by atoms with Crippen LogP contribution in [-0.4, -0.2) is 15.9 Å². The van der Waals surface area contributed by atoms with Crippen LogP contribution in [0.15, 0.2) is 40.0 Å². The molecule has 0 unspecified atom stereocenters. The Morgan fingerprint density at radius 3 is 2.88 bits per heavy atom. The smallest absolute Gasteiger partial charge is 0.168 e. The van der Waals surface area contributed by atoms with Gasteiger partial charge in [-0.1, -0.05) is 11.6 Å². The van der Waals surface area contributed by atoms with Crippen LogP contribution in [0.4, 0.5) is 5.82 Å². The van der Waals surface area contributed by atoms with E-state index < -0.39 is 0 Å². The Bertz CT molecular complexity index is 478. The summed E-state index contributed by atoms with van der Waals surface area (Å²) in [7, 11) is 0. The molecule has 2 rings (SSSR count). The number of rotatable bonds is 3. The summed E-state index contributed by atoms with van der Waals surface area (Å²) in [6.45, 7) is 1.83. The van der Waals surface area contributed by atoms with Gasteiger partial charge in [0.05, 0.1) is 6.26 Å². The second kappa shape index (κ2) is 4.76.